The standard InChI is InChI=1S/C4H3BrINO/c5-4-3(8)1-2-6-7-4/h1-2,8H. The Kier molecular flexibility index (Phi) is 2.18. The molecule has 0 spiro atoms. The van der Waals surface area contributed by atoms with Crippen LogP contribution in [0, 0.1) is 0 Å². The van der Waals surface area contributed by atoms with Crippen LogP contribution in [0.1, 0.15) is 0 Å². The third kappa shape index (κ3) is 1.38. The van der Waals surface area contributed by atoms with Crippen molar-refractivity contribution in [1.82, 2.24) is 0 Å². The average molecular weight is 288 g/mol. The summed E-state index contributed by atoms with van der Waals surface area (Å²) in [4.78, 5) is 0. The zero-order chi connectivity index (χ0) is 5.98. The highest BCUT2D eigenvalue weighted by molar-refractivity contribution is 14.2. The maximum absolute atomic E-state index is 8.85. The van der Waals surface area contributed by atoms with Gasteiger partial charge in [-0.1, -0.05) is 0 Å². The van der Waals surface area contributed by atoms with Crippen molar-refractivity contribution in [3.8, 4) is 0 Å². The van der Waals surface area contributed by atoms with Crippen molar-refractivity contribution in [2.75, 3.05) is 0 Å². The Morgan fingerprint density at radius 1 is 1.75 bits per heavy atom. The number of aliphatic hydroxyl groups excluding tert-OH is 1. The minimum Gasteiger partial charge on any atom is -0.505 e. The number of hydrogen-bond acceptors (Lipinski definition) is 2. The molecule has 1 aliphatic rings. The molecule has 44 valence electrons. The second-order valence-electron chi connectivity index (χ2n) is 1.15. The number of hydrogen-bond donors (Lipinski definition) is 1. The summed E-state index contributed by atoms with van der Waals surface area (Å²) in [5, 5.41) is 8.85. The lowest BCUT2D eigenvalue weighted by Crippen LogP contribution is -1.92. The summed E-state index contributed by atoms with van der Waals surface area (Å²) >= 11 is 2.92. The highest BCUT2D eigenvalue weighted by atomic mass is 127. The van der Waals surface area contributed by atoms with E-state index in [4.69, 9.17) is 5.11 Å². The smallest absolute Gasteiger partial charge is 0.153 e. The first-order chi connectivity index (χ1) is 3.80. The molecular formula is C4H3BrINO. The molecule has 0 aromatic heterocycles. The Hall–Kier alpha value is 0.290. The molecule has 8 heavy (non-hydrogen) atoms. The first-order valence-corrected chi connectivity index (χ1v) is 4.90. The number of rotatable bonds is 0. The molecule has 0 radical (unpaired) electrons. The summed E-state index contributed by atoms with van der Waals surface area (Å²) < 4.78 is 6.47. The lowest BCUT2D eigenvalue weighted by atomic mass is 10.5. The molecule has 4 heteroatoms. The lowest BCUT2D eigenvalue weighted by molar-refractivity contribution is 0.447. The monoisotopic (exact) mass is 287 g/mol. The van der Waals surface area contributed by atoms with E-state index < -0.39 is 0 Å². The van der Waals surface area contributed by atoms with E-state index in [-0.39, 0.29) is 26.8 Å². The normalized spacial score (nSPS) is 18.6. The van der Waals surface area contributed by atoms with Gasteiger partial charge in [-0.05, 0) is 26.0 Å². The van der Waals surface area contributed by atoms with Gasteiger partial charge in [-0.2, -0.15) is 0 Å². The van der Waals surface area contributed by atoms with Gasteiger partial charge in [-0.15, -0.1) is 0 Å². The largest absolute Gasteiger partial charge is 0.505 e. The molecule has 0 aromatic carbocycles. The molecule has 0 atom stereocenters. The highest BCUT2D eigenvalue weighted by Crippen LogP contribution is 2.12. The summed E-state index contributed by atoms with van der Waals surface area (Å²) in [5.41, 5.74) is 0. The molecule has 0 fully saturated rings. The van der Waals surface area contributed by atoms with Crippen molar-refractivity contribution in [3.63, 3.8) is 0 Å². The van der Waals surface area contributed by atoms with Gasteiger partial charge in [0.2, 0.25) is 0 Å². The SMILES string of the molecule is OC1=CC=IN=C1Br. The molecule has 1 N–H and O–H groups in total. The quantitative estimate of drug-likeness (QED) is 0.679. The molecule has 0 aliphatic carbocycles. The fraction of sp³-hybridized carbons (Fsp3) is 0. The lowest BCUT2D eigenvalue weighted by Gasteiger charge is -1.94. The summed E-state index contributed by atoms with van der Waals surface area (Å²) in [5.74, 6) is 0.232. The highest BCUT2D eigenvalue weighted by Gasteiger charge is 1.99. The fourth-order valence-electron chi connectivity index (χ4n) is 0.271. The van der Waals surface area contributed by atoms with Crippen LogP contribution >= 0.6 is 36.9 Å². The van der Waals surface area contributed by atoms with E-state index in [9.17, 15) is 0 Å². The minimum atomic E-state index is -0.173. The van der Waals surface area contributed by atoms with Crippen LogP contribution in [-0.4, -0.2) is 13.7 Å². The van der Waals surface area contributed by atoms with Crippen LogP contribution in [0.3, 0.4) is 0 Å². The van der Waals surface area contributed by atoms with E-state index in [2.05, 4.69) is 19.1 Å². The van der Waals surface area contributed by atoms with Crippen LogP contribution in [0.25, 0.3) is 0 Å². The number of halogens is 2. The number of allylic oxidation sites excluding steroid dienone is 2. The third-order valence-corrected chi connectivity index (χ3v) is 3.30. The van der Waals surface area contributed by atoms with Crippen LogP contribution in [0.2, 0.25) is 0 Å². The van der Waals surface area contributed by atoms with Crippen molar-refractivity contribution < 1.29 is 5.11 Å². The van der Waals surface area contributed by atoms with Crippen LogP contribution in [0.5, 0.6) is 0 Å². The second-order valence-corrected chi connectivity index (χ2v) is 3.66. The van der Waals surface area contributed by atoms with Gasteiger partial charge in [0.05, 0.1) is 0 Å². The van der Waals surface area contributed by atoms with Crippen molar-refractivity contribution in [3.05, 3.63) is 11.8 Å². The minimum absolute atomic E-state index is 0.173. The Labute approximate surface area is 65.5 Å². The molecule has 0 unspecified atom stereocenters. The van der Waals surface area contributed by atoms with E-state index in [0.29, 0.717) is 4.62 Å². The van der Waals surface area contributed by atoms with Crippen LogP contribution in [0.4, 0.5) is 0 Å². The van der Waals surface area contributed by atoms with E-state index in [1.54, 1.807) is 6.08 Å². The van der Waals surface area contributed by atoms with Gasteiger partial charge in [0, 0.05) is 21.0 Å². The molecule has 2 nitrogen and oxygen atoms in total. The summed E-state index contributed by atoms with van der Waals surface area (Å²) in [7, 11) is 0. The number of nitrogens with zero attached hydrogens (tertiary/aromatic N) is 1. The van der Waals surface area contributed by atoms with Crippen molar-refractivity contribution >= 4 is 45.6 Å². The van der Waals surface area contributed by atoms with Crippen LogP contribution in [-0.2, 0) is 0 Å². The van der Waals surface area contributed by atoms with Crippen LogP contribution < -0.4 is 0 Å². The van der Waals surface area contributed by atoms with Gasteiger partial charge in [0.1, 0.15) is 5.76 Å². The molecule has 0 bridgehead atoms. The van der Waals surface area contributed by atoms with Crippen LogP contribution in [0.15, 0.2) is 15.0 Å². The Balaban J connectivity index is 2.93. The van der Waals surface area contributed by atoms with E-state index >= 15 is 0 Å². The maximum atomic E-state index is 8.85. The Morgan fingerprint density at radius 3 is 2.88 bits per heavy atom. The van der Waals surface area contributed by atoms with Gasteiger partial charge in [0.25, 0.3) is 0 Å². The summed E-state index contributed by atoms with van der Waals surface area (Å²) in [6, 6.07) is 0. The Morgan fingerprint density at radius 2 is 2.50 bits per heavy atom. The Bertz CT molecular complexity index is 164. The maximum Gasteiger partial charge on any atom is 0.153 e. The van der Waals surface area contributed by atoms with Gasteiger partial charge < -0.3 is 5.11 Å². The summed E-state index contributed by atoms with van der Waals surface area (Å²) in [6.45, 7) is 0. The van der Waals surface area contributed by atoms with Crippen molar-refractivity contribution in [2.24, 2.45) is 3.21 Å². The van der Waals surface area contributed by atoms with Gasteiger partial charge in [0.15, 0.2) is 4.62 Å². The first-order valence-electron chi connectivity index (χ1n) is 1.90. The molecular weight excluding hydrogens is 285 g/mol. The molecule has 1 heterocycles. The topological polar surface area (TPSA) is 32.6 Å². The molecule has 0 saturated carbocycles. The van der Waals surface area contributed by atoms with Gasteiger partial charge in [-0.25, -0.2) is 3.21 Å². The van der Waals surface area contributed by atoms with E-state index in [1.807, 2.05) is 4.01 Å². The van der Waals surface area contributed by atoms with Gasteiger partial charge in [-0.3, -0.25) is 0 Å². The summed E-state index contributed by atoms with van der Waals surface area (Å²) in [6.07, 6.45) is 1.67. The zero-order valence-corrected chi connectivity index (χ0v) is 7.55. The van der Waals surface area contributed by atoms with Crippen molar-refractivity contribution in [2.45, 2.75) is 0 Å². The van der Waals surface area contributed by atoms with Gasteiger partial charge >= 0.3 is 0 Å². The average Bonchev–Trinajstić information content (AvgIpc) is 1.77. The third-order valence-electron chi connectivity index (χ3n) is 0.612. The molecule has 1 aliphatic heterocycles. The predicted molar refractivity (Wildman–Crippen MR) is 47.2 cm³/mol. The molecule has 1 rings (SSSR count). The van der Waals surface area contributed by atoms with E-state index in [0.717, 1.165) is 0 Å². The fourth-order valence-corrected chi connectivity index (χ4v) is 2.08. The van der Waals surface area contributed by atoms with Crippen molar-refractivity contribution in [1.29, 1.82) is 0 Å². The molecule has 0 aromatic rings. The zero-order valence-electron chi connectivity index (χ0n) is 3.81. The first kappa shape index (κ1) is 6.41. The molecule has 0 amide bonds. The number of aliphatic hydroxyl groups is 1. The predicted octanol–water partition coefficient (Wildman–Crippen LogP) is 1.92. The molecule has 0 saturated heterocycles. The van der Waals surface area contributed by atoms with E-state index in [1.165, 1.54) is 0 Å². The second kappa shape index (κ2) is 2.72.